The highest BCUT2D eigenvalue weighted by Crippen LogP contribution is 2.21. The molecule has 0 radical (unpaired) electrons. The fourth-order valence-electron chi connectivity index (χ4n) is 11.2. The molecule has 0 spiro atoms. The van der Waals surface area contributed by atoms with E-state index in [1.807, 2.05) is 12.1 Å². The molecule has 0 saturated carbocycles. The summed E-state index contributed by atoms with van der Waals surface area (Å²) in [6.07, 6.45) is 0.903. The van der Waals surface area contributed by atoms with Crippen LogP contribution in [-0.2, 0) is 81.6 Å². The molecule has 0 saturated heterocycles. The maximum absolute atomic E-state index is 14.8. The van der Waals surface area contributed by atoms with Crippen molar-refractivity contribution in [1.82, 2.24) is 58.2 Å². The van der Waals surface area contributed by atoms with Gasteiger partial charge >= 0.3 is 11.9 Å². The van der Waals surface area contributed by atoms with E-state index in [2.05, 4.69) is 75.8 Å². The van der Waals surface area contributed by atoms with Crippen molar-refractivity contribution in [3.05, 3.63) is 102 Å². The largest absolute Gasteiger partial charge is 0.508 e. The van der Waals surface area contributed by atoms with Crippen LogP contribution >= 0.6 is 12.6 Å². The minimum atomic E-state index is -1.97. The highest BCUT2D eigenvalue weighted by atomic mass is 32.1. The summed E-state index contributed by atoms with van der Waals surface area (Å²) in [5, 5.41) is 56.0. The Bertz CT molecular complexity index is 3600. The number of aliphatic imine (C=N–C) groups is 1. The van der Waals surface area contributed by atoms with Gasteiger partial charge in [-0.2, -0.15) is 12.6 Å². The summed E-state index contributed by atoms with van der Waals surface area (Å²) in [5.41, 5.74) is 42.9. The van der Waals surface area contributed by atoms with Crippen LogP contribution in [0.25, 0.3) is 10.9 Å². The zero-order valence-corrected chi connectivity index (χ0v) is 60.5. The number of aliphatic carboxylic acids is 2. The molecule has 106 heavy (non-hydrogen) atoms. The molecule has 28 N–H and O–H groups in total. The van der Waals surface area contributed by atoms with Crippen LogP contribution in [0.1, 0.15) is 120 Å². The van der Waals surface area contributed by atoms with Crippen LogP contribution < -0.4 is 93.3 Å². The SMILES string of the molecule is CC(C)[C@H](NC(=O)[C@H](CCC(=O)O)NC(=O)[C@H](CC(N)=O)NC(=O)[C@H](Cc1ccc(O)cc1)NC(=O)[C@H](CCCN=C(N)N)NC(=O)[C@H](Cc1c[nH]c2ccccc12)NC(=O)[C@@H](N)Cc1ccccc1)C(=O)N[C@@H](CCCCN)C(=O)N[C@@H](CCCCN)C(=O)N[C@@H](CCCCN)C(=O)N[C@@H](CS)C(=O)O. The number of hydrogen-bond acceptors (Lipinski definition) is 20. The maximum Gasteiger partial charge on any atom is 0.327 e. The van der Waals surface area contributed by atoms with Crippen LogP contribution in [-0.4, -0.2) is 202 Å². The average Bonchev–Trinajstić information content (AvgIpc) is 1.74. The molecule has 0 aliphatic heterocycles. The molecular formula is C70H105N19O16S. The van der Waals surface area contributed by atoms with E-state index in [-0.39, 0.29) is 101 Å². The van der Waals surface area contributed by atoms with Gasteiger partial charge in [0.25, 0.3) is 0 Å². The van der Waals surface area contributed by atoms with E-state index in [0.29, 0.717) is 43.2 Å². The van der Waals surface area contributed by atoms with Crippen molar-refractivity contribution >= 4 is 106 Å². The van der Waals surface area contributed by atoms with E-state index in [9.17, 15) is 77.6 Å². The molecule has 36 heteroatoms. The predicted molar refractivity (Wildman–Crippen MR) is 397 cm³/mol. The van der Waals surface area contributed by atoms with Gasteiger partial charge in [-0.1, -0.05) is 74.5 Å². The van der Waals surface area contributed by atoms with Gasteiger partial charge in [0.15, 0.2) is 5.96 Å². The number of nitrogens with two attached hydrogens (primary N) is 7. The van der Waals surface area contributed by atoms with E-state index in [1.54, 1.807) is 48.7 Å². The Hall–Kier alpha value is -10.4. The van der Waals surface area contributed by atoms with Gasteiger partial charge in [-0.25, -0.2) is 4.79 Å². The topological polar surface area (TPSA) is 613 Å². The molecule has 0 aliphatic carbocycles. The fourth-order valence-corrected chi connectivity index (χ4v) is 11.4. The van der Waals surface area contributed by atoms with Crippen molar-refractivity contribution in [2.75, 3.05) is 31.9 Å². The number of aromatic hydroxyl groups is 1. The molecule has 582 valence electrons. The Morgan fingerprint density at radius 1 is 0.462 bits per heavy atom. The first-order valence-electron chi connectivity index (χ1n) is 35.1. The van der Waals surface area contributed by atoms with Crippen LogP contribution in [0.15, 0.2) is 90.1 Å². The third-order valence-electron chi connectivity index (χ3n) is 17.1. The highest BCUT2D eigenvalue weighted by Gasteiger charge is 2.38. The molecule has 35 nitrogen and oxygen atoms in total. The lowest BCUT2D eigenvalue weighted by molar-refractivity contribution is -0.141. The number of primary amides is 1. The quantitative estimate of drug-likeness (QED) is 0.00903. The number of carboxylic acids is 2. The standard InChI is InChI=1S/C70H105N19O16S/c1-39(2)58(68(103)84-49(21-10-13-31-73)61(96)80-47(19-8-11-29-71)60(95)81-48(20-9-12-30-72)63(98)88-55(38-106)69(104)105)89-64(99)51(27-28-57(92)93)83-67(102)54(36-56(75)91)87-65(100)52(34-41-23-25-43(90)26-24-41)86-62(97)50(22-14-32-78-70(76)77)82-66(101)53(35-42-37-79-46-18-7-6-17-44(42)46)85-59(94)45(74)33-40-15-4-3-5-16-40/h3-7,15-18,23-26,37,39,45,47-55,58,79,90,106H,8-14,19-22,27-36,38,71-74H2,1-2H3,(H2,75,91)(H,80,96)(H,81,95)(H,82,101)(H,83,102)(H,84,103)(H,85,94)(H,86,97)(H,87,100)(H,88,98)(H,89,99)(H,92,93)(H,104,105)(H4,76,77,78)/t45-,47-,48-,49-,50-,51-,52-,53-,54-,55-,58-/m0/s1. The first kappa shape index (κ1) is 88.0. The number of nitrogens with zero attached hydrogens (tertiary/aromatic N) is 1. The number of amides is 11. The lowest BCUT2D eigenvalue weighted by atomic mass is 10.00. The molecule has 4 aromatic rings. The van der Waals surface area contributed by atoms with Crippen molar-refractivity contribution in [2.24, 2.45) is 51.0 Å². The number of nitrogens with one attached hydrogen (secondary N) is 11. The van der Waals surface area contributed by atoms with E-state index in [0.717, 1.165) is 16.5 Å². The summed E-state index contributed by atoms with van der Waals surface area (Å²) in [6.45, 7) is 3.66. The first-order chi connectivity index (χ1) is 50.5. The number of H-pyrrole nitrogens is 1. The van der Waals surface area contributed by atoms with Crippen LogP contribution in [0.4, 0.5) is 0 Å². The van der Waals surface area contributed by atoms with E-state index < -0.39 is 169 Å². The van der Waals surface area contributed by atoms with E-state index in [4.69, 9.17) is 40.1 Å². The molecule has 1 aromatic heterocycles. The summed E-state index contributed by atoms with van der Waals surface area (Å²) >= 11 is 4.01. The zero-order valence-electron chi connectivity index (χ0n) is 59.7. The molecule has 0 unspecified atom stereocenters. The van der Waals surface area contributed by atoms with Crippen LogP contribution in [0.5, 0.6) is 5.75 Å². The molecule has 4 rings (SSSR count). The molecule has 11 atom stereocenters. The zero-order chi connectivity index (χ0) is 78.4. The van der Waals surface area contributed by atoms with Gasteiger partial charge in [-0.15, -0.1) is 0 Å². The minimum absolute atomic E-state index is 0.00380. The number of fused-ring (bicyclic) bond motifs is 1. The maximum atomic E-state index is 14.8. The number of unbranched alkanes of at least 4 members (excludes halogenated alkanes) is 3. The van der Waals surface area contributed by atoms with Crippen molar-refractivity contribution in [1.29, 1.82) is 0 Å². The average molecular weight is 1500 g/mol. The van der Waals surface area contributed by atoms with E-state index >= 15 is 0 Å². The smallest absolute Gasteiger partial charge is 0.327 e. The number of benzene rings is 3. The number of guanidine groups is 1. The van der Waals surface area contributed by atoms with Gasteiger partial charge in [0.2, 0.25) is 65.0 Å². The number of carbonyl (C=O) groups is 13. The molecule has 11 amide bonds. The number of carbonyl (C=O) groups excluding carboxylic acids is 11. The molecule has 0 bridgehead atoms. The van der Waals surface area contributed by atoms with Gasteiger partial charge < -0.3 is 114 Å². The number of phenols is 1. The highest BCUT2D eigenvalue weighted by molar-refractivity contribution is 7.80. The van der Waals surface area contributed by atoms with Crippen LogP contribution in [0.3, 0.4) is 0 Å². The van der Waals surface area contributed by atoms with Gasteiger partial charge in [-0.3, -0.25) is 62.5 Å². The van der Waals surface area contributed by atoms with Crippen molar-refractivity contribution < 1.29 is 77.6 Å². The Morgan fingerprint density at radius 3 is 1.36 bits per heavy atom. The normalized spacial score (nSPS) is 14.3. The Labute approximate surface area is 619 Å². The summed E-state index contributed by atoms with van der Waals surface area (Å²) in [6, 6.07) is 5.07. The van der Waals surface area contributed by atoms with Crippen LogP contribution in [0, 0.1) is 5.92 Å². The van der Waals surface area contributed by atoms with Crippen molar-refractivity contribution in [3.63, 3.8) is 0 Å². The lowest BCUT2D eigenvalue weighted by Crippen LogP contribution is -2.61. The number of para-hydroxylation sites is 1. The number of carboxylic acid groups (broad SMARTS) is 2. The Balaban J connectivity index is 1.66. The van der Waals surface area contributed by atoms with Crippen molar-refractivity contribution in [2.45, 2.75) is 189 Å². The summed E-state index contributed by atoms with van der Waals surface area (Å²) in [5.74, 6) is -15.1. The van der Waals surface area contributed by atoms with Gasteiger partial charge in [-0.05, 0) is 144 Å². The summed E-state index contributed by atoms with van der Waals surface area (Å²) in [7, 11) is 0. The van der Waals surface area contributed by atoms with Gasteiger partial charge in [0, 0.05) is 48.7 Å². The first-order valence-corrected chi connectivity index (χ1v) is 35.8. The van der Waals surface area contributed by atoms with Crippen LogP contribution in [0.2, 0.25) is 0 Å². The second kappa shape index (κ2) is 46.4. The van der Waals surface area contributed by atoms with Gasteiger partial charge in [0.05, 0.1) is 12.5 Å². The fraction of sp³-hybridized carbons (Fsp3) is 0.514. The third-order valence-corrected chi connectivity index (χ3v) is 17.4. The monoisotopic (exact) mass is 1500 g/mol. The second-order valence-corrected chi connectivity index (χ2v) is 26.3. The second-order valence-electron chi connectivity index (χ2n) is 25.9. The third kappa shape index (κ3) is 31.1. The van der Waals surface area contributed by atoms with Crippen molar-refractivity contribution in [3.8, 4) is 5.75 Å². The number of hydrogen-bond donors (Lipinski definition) is 22. The molecule has 0 aliphatic rings. The molecule has 3 aromatic carbocycles. The molecule has 1 heterocycles. The number of aromatic nitrogens is 1. The van der Waals surface area contributed by atoms with E-state index in [1.165, 1.54) is 38.1 Å². The number of phenolic OH excluding ortho intramolecular Hbond substituents is 1. The number of aromatic amines is 1. The van der Waals surface area contributed by atoms with Gasteiger partial charge in [0.1, 0.15) is 66.2 Å². The Morgan fingerprint density at radius 2 is 0.877 bits per heavy atom. The number of rotatable bonds is 50. The summed E-state index contributed by atoms with van der Waals surface area (Å²) in [4.78, 5) is 188. The lowest BCUT2D eigenvalue weighted by Gasteiger charge is -2.29. The minimum Gasteiger partial charge on any atom is -0.508 e. The summed E-state index contributed by atoms with van der Waals surface area (Å²) < 4.78 is 0. The Kier molecular flexibility index (Phi) is 38.5. The molecular weight excluding hydrogens is 1390 g/mol. The number of thiol groups is 1. The predicted octanol–water partition coefficient (Wildman–Crippen LogP) is -3.07. The molecule has 0 fully saturated rings.